The van der Waals surface area contributed by atoms with Gasteiger partial charge in [0.05, 0.1) is 59.8 Å². The van der Waals surface area contributed by atoms with Crippen molar-refractivity contribution in [1.29, 1.82) is 0 Å². The van der Waals surface area contributed by atoms with Crippen LogP contribution in [0.15, 0.2) is 517 Å². The average molecular weight is 1740 g/mol. The first-order valence-electron chi connectivity index (χ1n) is 49.4. The predicted molar refractivity (Wildman–Crippen MR) is 571 cm³/mol. The molecule has 636 valence electrons. The second-order valence-corrected chi connectivity index (χ2v) is 34.6. The lowest BCUT2D eigenvalue weighted by Gasteiger charge is -2.15. The molecule has 6 nitrogen and oxygen atoms in total. The van der Waals surface area contributed by atoms with Crippen LogP contribution in [-0.2, 0) is 0 Å². The van der Waals surface area contributed by atoms with Gasteiger partial charge in [-0.2, -0.15) is 0 Å². The van der Waals surface area contributed by atoms with Crippen LogP contribution in [0.1, 0.15) is 9.60 Å². The molecule has 6 heteroatoms. The Morgan fingerprint density at radius 2 is 0.507 bits per heavy atom. The number of nitrogens with zero attached hydrogens (tertiary/aromatic N) is 3. The highest BCUT2D eigenvalue weighted by Crippen LogP contribution is 2.48. The molecule has 0 bridgehead atoms. The number of hydrogen-bond acceptors (Lipinski definition) is 3. The van der Waals surface area contributed by atoms with Crippen molar-refractivity contribution in [3.05, 3.63) is 503 Å². The molecule has 0 atom stereocenters. The topological polar surface area (TPSA) is 54.2 Å². The summed E-state index contributed by atoms with van der Waals surface area (Å²) in [7, 11) is 0. The quantitative estimate of drug-likeness (QED) is 0.122. The number of fused-ring (bicyclic) bond motifs is 20. The first-order chi connectivity index (χ1) is 70.4. The van der Waals surface area contributed by atoms with E-state index in [9.17, 15) is 0 Å². The Balaban J connectivity index is 0.000000110. The van der Waals surface area contributed by atoms with Gasteiger partial charge in [0, 0.05) is 92.3 Å². The smallest absolute Gasteiger partial charge is 0.143 e. The van der Waals surface area contributed by atoms with Gasteiger partial charge in [-0.15, -0.1) is 0 Å². The van der Waals surface area contributed by atoms with Crippen LogP contribution in [0.4, 0.5) is 0 Å². The third kappa shape index (κ3) is 13.5. The summed E-state index contributed by atoms with van der Waals surface area (Å²) in [6.07, 6.45) is 0. The molecule has 6 aromatic heterocycles. The van der Waals surface area contributed by atoms with E-state index < -0.39 is 12.1 Å². The van der Waals surface area contributed by atoms with Crippen LogP contribution in [-0.4, -0.2) is 13.7 Å². The Hall–Kier alpha value is -18.1. The Bertz CT molecular complexity index is 9990. The molecule has 0 N–H and O–H groups in total. The average Bonchev–Trinajstić information content (AvgIpc) is 1.57. The third-order valence-electron chi connectivity index (χ3n) is 27.0. The SMILES string of the molecule is [2H]c1c([2H])c([2H])c2c(oc3c([2H])c([2H])c([2H])c(-c4ccc(-c5ccccc5-n5c6ccccc6c6cc(-c7ccccc7)ccc65)cc4)c32)c1[2H].c1ccc(-c2ccc3c(c2)c2ccccc2n3-c2ccccc2-c2ccc(-c3cccc4c3oc3ccccc34)cc2)cc1.c1ccc(-c2ccc3c(c2)c2ccccc2n3-c2ccccc2-c2ccc(-c3cccc4oc5c6ccccc6ccc5c34)cc2)cc1. The molecule has 6 heterocycles. The number of hydrogen-bond donors (Lipinski definition) is 0. The molecule has 0 spiro atoms. The molecule has 0 aliphatic rings. The molecule has 0 amide bonds. The van der Waals surface area contributed by atoms with Gasteiger partial charge in [0.15, 0.2) is 0 Å². The molecule has 0 unspecified atom stereocenters. The summed E-state index contributed by atoms with van der Waals surface area (Å²) in [6, 6.07) is 160. The van der Waals surface area contributed by atoms with Crippen LogP contribution in [0.3, 0.4) is 0 Å². The molecule has 0 saturated carbocycles. The molecule has 28 rings (SSSR count). The molecule has 0 aliphatic heterocycles. The van der Waals surface area contributed by atoms with E-state index in [0.29, 0.717) is 5.56 Å². The second-order valence-electron chi connectivity index (χ2n) is 34.6. The lowest BCUT2D eigenvalue weighted by atomic mass is 9.96. The molecular weight excluding hydrogens is 1650 g/mol. The van der Waals surface area contributed by atoms with Gasteiger partial charge in [0.1, 0.15) is 33.5 Å². The normalized spacial score (nSPS) is 12.4. The van der Waals surface area contributed by atoms with Crippen LogP contribution < -0.4 is 0 Å². The molecule has 0 radical (unpaired) electrons. The lowest BCUT2D eigenvalue weighted by molar-refractivity contribution is 0.669. The molecule has 28 aromatic rings. The third-order valence-corrected chi connectivity index (χ3v) is 27.0. The second kappa shape index (κ2) is 33.1. The van der Waals surface area contributed by atoms with Crippen molar-refractivity contribution in [2.24, 2.45) is 0 Å². The fourth-order valence-corrected chi connectivity index (χ4v) is 20.7. The number of rotatable bonds is 12. The number of furan rings is 3. The maximum atomic E-state index is 8.92. The van der Waals surface area contributed by atoms with Crippen molar-refractivity contribution >= 4 is 142 Å². The van der Waals surface area contributed by atoms with Crippen molar-refractivity contribution in [2.45, 2.75) is 0 Å². The Labute approximate surface area is 794 Å². The molecule has 0 fully saturated rings. The Morgan fingerprint density at radius 1 is 0.162 bits per heavy atom. The highest BCUT2D eigenvalue weighted by molar-refractivity contribution is 6.21. The zero-order valence-corrected chi connectivity index (χ0v) is 73.4. The van der Waals surface area contributed by atoms with E-state index in [1.165, 1.54) is 116 Å². The summed E-state index contributed by atoms with van der Waals surface area (Å²) in [5.74, 6) is 0. The van der Waals surface area contributed by atoms with Gasteiger partial charge in [0.2, 0.25) is 0 Å². The number of benzene rings is 22. The summed E-state index contributed by atoms with van der Waals surface area (Å²) in [4.78, 5) is 0. The first-order valence-corrected chi connectivity index (χ1v) is 45.9. The van der Waals surface area contributed by atoms with E-state index in [1.807, 2.05) is 66.7 Å². The summed E-state index contributed by atoms with van der Waals surface area (Å²) in [5.41, 5.74) is 33.2. The summed E-state index contributed by atoms with van der Waals surface area (Å²) in [5, 5.41) is 14.6. The number of aromatic nitrogens is 3. The van der Waals surface area contributed by atoms with Crippen LogP contribution >= 0.6 is 0 Å². The molecule has 0 saturated heterocycles. The number of para-hydroxylation sites is 9. The van der Waals surface area contributed by atoms with Crippen molar-refractivity contribution in [2.75, 3.05) is 0 Å². The minimum Gasteiger partial charge on any atom is -0.456 e. The van der Waals surface area contributed by atoms with Gasteiger partial charge in [-0.05, 0) is 186 Å². The van der Waals surface area contributed by atoms with Gasteiger partial charge in [-0.1, -0.05) is 400 Å². The monoisotopic (exact) mass is 1740 g/mol. The highest BCUT2D eigenvalue weighted by Gasteiger charge is 2.24. The van der Waals surface area contributed by atoms with Crippen LogP contribution in [0.2, 0.25) is 0 Å². The van der Waals surface area contributed by atoms with E-state index in [0.717, 1.165) is 110 Å². The minimum absolute atomic E-state index is 0.0378. The van der Waals surface area contributed by atoms with Crippen molar-refractivity contribution in [1.82, 2.24) is 13.7 Å². The van der Waals surface area contributed by atoms with Crippen molar-refractivity contribution in [3.63, 3.8) is 0 Å². The standard InChI is InChI=1S/C46H29NO.2C42H27NO/c1-2-11-30(12-3-1)34-26-28-43-40(29-34)38-16-7-9-19-42(38)47(43)41-18-8-6-14-35(41)32-21-23-33(24-22-32)36-17-10-20-44-45(36)39-27-25-31-13-4-5-15-37(31)46(39)48-44;1-2-11-28(12-3-1)31-25-26-40-37(27-31)34-14-5-8-19-39(34)43(40)38-18-7-4-13-32(38)29-21-23-30(24-22-29)33-16-10-17-36-35-15-6-9-20-41(35)44-42(33)36;1-2-11-28(12-3-1)31-25-26-39-36(27-31)34-14-5-8-18-38(34)43(39)37-17-7-4-13-32(37)29-21-23-30(24-22-29)33-16-10-20-41-42(33)35-15-6-9-19-40(35)44-41/h1-29H;2*1-27H/i;;6D,9D,10D,15D,16D,19D,20D. The largest absolute Gasteiger partial charge is 0.456 e. The Morgan fingerprint density at radius 3 is 1.01 bits per heavy atom. The van der Waals surface area contributed by atoms with Crippen LogP contribution in [0.25, 0.3) is 259 Å². The molecule has 136 heavy (non-hydrogen) atoms. The van der Waals surface area contributed by atoms with Crippen LogP contribution in [0, 0.1) is 0 Å². The predicted octanol–water partition coefficient (Wildman–Crippen LogP) is 36.2. The lowest BCUT2D eigenvalue weighted by Crippen LogP contribution is -1.97. The fourth-order valence-electron chi connectivity index (χ4n) is 20.7. The van der Waals surface area contributed by atoms with Gasteiger partial charge in [-0.3, -0.25) is 0 Å². The summed E-state index contributed by atoms with van der Waals surface area (Å²) < 4.78 is 85.3. The van der Waals surface area contributed by atoms with Gasteiger partial charge >= 0.3 is 0 Å². The first kappa shape index (κ1) is 71.7. The zero-order chi connectivity index (χ0) is 95.8. The van der Waals surface area contributed by atoms with E-state index in [4.69, 9.17) is 22.8 Å². The maximum Gasteiger partial charge on any atom is 0.143 e. The van der Waals surface area contributed by atoms with E-state index in [1.54, 1.807) is 0 Å². The minimum atomic E-state index is -0.445. The van der Waals surface area contributed by atoms with E-state index in [-0.39, 0.29) is 57.7 Å². The van der Waals surface area contributed by atoms with Crippen molar-refractivity contribution in [3.8, 4) is 117 Å². The van der Waals surface area contributed by atoms with Gasteiger partial charge < -0.3 is 27.0 Å². The summed E-state index contributed by atoms with van der Waals surface area (Å²) in [6.45, 7) is 0. The van der Waals surface area contributed by atoms with E-state index in [2.05, 4.69) is 408 Å². The fraction of sp³-hybridized carbons (Fsp3) is 0. The molecule has 22 aromatic carbocycles. The van der Waals surface area contributed by atoms with Gasteiger partial charge in [-0.25, -0.2) is 0 Å². The zero-order valence-electron chi connectivity index (χ0n) is 80.4. The molecular formula is C130H83N3O3. The van der Waals surface area contributed by atoms with Crippen molar-refractivity contribution < 1.29 is 22.8 Å². The maximum absolute atomic E-state index is 8.92. The van der Waals surface area contributed by atoms with Gasteiger partial charge in [0.25, 0.3) is 0 Å². The van der Waals surface area contributed by atoms with Crippen LogP contribution in [0.5, 0.6) is 0 Å². The molecule has 0 aliphatic carbocycles. The summed E-state index contributed by atoms with van der Waals surface area (Å²) >= 11 is 0. The Kier molecular flexibility index (Phi) is 17.4. The van der Waals surface area contributed by atoms with E-state index >= 15 is 0 Å². The highest BCUT2D eigenvalue weighted by atomic mass is 16.3.